The average molecular weight is 2280 g/mol. The fraction of sp³-hybridized carbons (Fsp3) is 0.333. The number of rotatable bonds is 18. The van der Waals surface area contributed by atoms with E-state index in [9.17, 15) is 28.8 Å². The van der Waals surface area contributed by atoms with Crippen molar-refractivity contribution in [2.24, 2.45) is 0 Å². The zero-order valence-electron chi connectivity index (χ0n) is 50.2. The number of benzene rings is 6. The molecule has 1 aliphatic carbocycles. The van der Waals surface area contributed by atoms with E-state index in [-0.39, 0.29) is 55.3 Å². The van der Waals surface area contributed by atoms with Crippen molar-refractivity contribution in [3.05, 3.63) is 193 Å². The van der Waals surface area contributed by atoms with E-state index >= 15 is 0 Å². The van der Waals surface area contributed by atoms with Gasteiger partial charge in [0.1, 0.15) is 39.6 Å². The van der Waals surface area contributed by atoms with Gasteiger partial charge in [-0.25, -0.2) is 28.8 Å². The van der Waals surface area contributed by atoms with Crippen LogP contribution in [0, 0.1) is 32.1 Å². The van der Waals surface area contributed by atoms with E-state index in [1.54, 1.807) is 20.8 Å². The van der Waals surface area contributed by atoms with Crippen LogP contribution in [0.2, 0.25) is 0 Å². The van der Waals surface area contributed by atoms with Crippen LogP contribution >= 0.6 is 203 Å². The average Bonchev–Trinajstić information content (AvgIpc) is 1.63. The third-order valence-corrected chi connectivity index (χ3v) is 26.3. The van der Waals surface area contributed by atoms with Crippen molar-refractivity contribution >= 4 is 240 Å². The Bertz CT molecular complexity index is 3560. The summed E-state index contributed by atoms with van der Waals surface area (Å²) < 4.78 is 41.6. The zero-order chi connectivity index (χ0) is 66.6. The quantitative estimate of drug-likeness (QED) is 0.0261. The molecule has 0 bridgehead atoms. The monoisotopic (exact) mass is 2280 g/mol. The first-order valence-electron chi connectivity index (χ1n) is 29.5. The van der Waals surface area contributed by atoms with Crippen LogP contribution in [-0.2, 0) is 35.0 Å². The highest BCUT2D eigenvalue weighted by atomic mass is 127. The van der Waals surface area contributed by atoms with Crippen LogP contribution in [-0.4, -0.2) is 197 Å². The highest BCUT2D eigenvalue weighted by Gasteiger charge is 2.31. The fourth-order valence-electron chi connectivity index (χ4n) is 10.3. The molecule has 3 saturated heterocycles. The van der Waals surface area contributed by atoms with Crippen LogP contribution in [0.4, 0.5) is 14.4 Å². The van der Waals surface area contributed by atoms with Crippen LogP contribution in [0.5, 0.6) is 0 Å². The Labute approximate surface area is 665 Å². The molecule has 0 radical (unpaired) electrons. The highest BCUT2D eigenvalue weighted by Crippen LogP contribution is 2.44. The maximum Gasteiger partial charge on any atom is 0.410 e. The maximum atomic E-state index is 12.8. The molecule has 3 heterocycles. The summed E-state index contributed by atoms with van der Waals surface area (Å²) in [6.07, 6.45) is 0.695. The van der Waals surface area contributed by atoms with Crippen molar-refractivity contribution in [3.8, 4) is 11.1 Å². The van der Waals surface area contributed by atoms with Gasteiger partial charge in [-0.2, -0.15) is 0 Å². The molecule has 18 nitrogen and oxygen atoms in total. The molecule has 93 heavy (non-hydrogen) atoms. The van der Waals surface area contributed by atoms with E-state index in [0.29, 0.717) is 102 Å². The summed E-state index contributed by atoms with van der Waals surface area (Å²) in [6, 6.07) is 38.0. The number of carbonyl (C=O) groups excluding carboxylic acids is 6. The molecule has 494 valence electrons. The number of piperazine rings is 3. The number of nitrogens with zero attached hydrogens (tertiary/aromatic N) is 6. The van der Waals surface area contributed by atoms with Crippen molar-refractivity contribution in [1.29, 1.82) is 0 Å². The van der Waals surface area contributed by atoms with Crippen molar-refractivity contribution in [2.45, 2.75) is 12.5 Å². The molecule has 0 unspecified atom stereocenters. The van der Waals surface area contributed by atoms with Crippen molar-refractivity contribution < 1.29 is 57.2 Å². The summed E-state index contributed by atoms with van der Waals surface area (Å²) in [5.74, 6) is -0.818. The Kier molecular flexibility index (Phi) is 32.0. The summed E-state index contributed by atoms with van der Waals surface area (Å²) in [5, 5.41) is 0. The van der Waals surface area contributed by atoms with Gasteiger partial charge in [-0.05, 0) is 268 Å². The van der Waals surface area contributed by atoms with Gasteiger partial charge in [0.2, 0.25) is 0 Å². The predicted octanol–water partition coefficient (Wildman–Crippen LogP) is 14.4. The number of halogens is 9. The van der Waals surface area contributed by atoms with E-state index in [2.05, 4.69) is 249 Å². The van der Waals surface area contributed by atoms with E-state index < -0.39 is 0 Å². The lowest BCUT2D eigenvalue weighted by Gasteiger charge is -2.34. The lowest BCUT2D eigenvalue weighted by Crippen LogP contribution is -2.49. The molecule has 27 heteroatoms. The molecule has 3 aliphatic heterocycles. The van der Waals surface area contributed by atoms with Crippen molar-refractivity contribution in [2.75, 3.05) is 131 Å². The lowest BCUT2D eigenvalue weighted by atomic mass is 9.98. The highest BCUT2D eigenvalue weighted by molar-refractivity contribution is 14.1. The van der Waals surface area contributed by atoms with Gasteiger partial charge < -0.3 is 43.1 Å². The number of esters is 3. The van der Waals surface area contributed by atoms with Gasteiger partial charge in [-0.3, -0.25) is 14.7 Å². The van der Waals surface area contributed by atoms with E-state index in [1.807, 2.05) is 91.0 Å². The second-order valence-corrected chi connectivity index (χ2v) is 31.8. The Morgan fingerprint density at radius 1 is 0.409 bits per heavy atom. The fourth-order valence-corrected chi connectivity index (χ4v) is 17.5. The minimum absolute atomic E-state index is 0.0616. The smallest absolute Gasteiger partial charge is 0.410 e. The first-order valence-corrected chi connectivity index (χ1v) is 39.2. The van der Waals surface area contributed by atoms with Crippen LogP contribution in [0.25, 0.3) is 11.1 Å². The van der Waals surface area contributed by atoms with Crippen molar-refractivity contribution in [3.63, 3.8) is 0 Å². The number of carbonyl (C=O) groups is 6. The Morgan fingerprint density at radius 3 is 1.11 bits per heavy atom. The largest absolute Gasteiger partial charge is 0.461 e. The molecule has 3 fully saturated rings. The number of ether oxygens (including phenoxy) is 6. The van der Waals surface area contributed by atoms with E-state index in [1.165, 1.54) is 22.3 Å². The molecule has 6 aromatic carbocycles. The molecule has 0 atom stereocenters. The van der Waals surface area contributed by atoms with Crippen LogP contribution in [0.1, 0.15) is 53.7 Å². The van der Waals surface area contributed by atoms with Crippen molar-refractivity contribution in [1.82, 2.24) is 29.4 Å². The Hall–Kier alpha value is -2.27. The zero-order valence-corrected chi connectivity index (χ0v) is 69.6. The van der Waals surface area contributed by atoms with Gasteiger partial charge in [-0.15, -0.1) is 0 Å². The second-order valence-electron chi connectivity index (χ2n) is 21.4. The summed E-state index contributed by atoms with van der Waals surface area (Å²) in [4.78, 5) is 85.9. The maximum absolute atomic E-state index is 12.8. The SMILES string of the molecule is C=CCOC(=O)N1CCN(CCOC(=O)c2cc(I)cc(I)c2I)CC1.O=C(OCCN1CCN(C(=O)OCC2c3ccccc3-c3ccccc32)CC1)c1cc(I)cc(I)c1I.O=C(OCCN1CCN(C(=O)OCc2ccccc2)CC1)c1cc(I)cc(I)c1I. The summed E-state index contributed by atoms with van der Waals surface area (Å²) >= 11 is 19.8. The first-order chi connectivity index (χ1) is 44.8. The summed E-state index contributed by atoms with van der Waals surface area (Å²) in [7, 11) is 0. The summed E-state index contributed by atoms with van der Waals surface area (Å²) in [6.45, 7) is 15.3. The second kappa shape index (κ2) is 38.9. The van der Waals surface area contributed by atoms with Gasteiger partial charge in [-0.1, -0.05) is 91.5 Å². The minimum atomic E-state index is -0.307. The number of fused-ring (bicyclic) bond motifs is 3. The van der Waals surface area contributed by atoms with Gasteiger partial charge in [0.25, 0.3) is 0 Å². The topological polar surface area (TPSA) is 177 Å². The molecule has 10 rings (SSSR count). The molecule has 0 saturated carbocycles. The van der Waals surface area contributed by atoms with Crippen LogP contribution < -0.4 is 0 Å². The van der Waals surface area contributed by atoms with Gasteiger partial charge >= 0.3 is 36.2 Å². The standard InChI is InChI=1S/C28H25I3N2O4.C21H21I3N2O4.C17H19I3N2O4/c29-18-15-23(26(31)25(30)16-18)27(34)36-14-13-32-9-11-33(12-10-32)28(35)37-17-24-21-7-3-1-5-19(21)20-6-2-4-8-22(20)24;22-16-12-17(19(24)18(23)13-16)20(27)29-11-10-25-6-8-26(9-7-25)21(28)30-14-15-4-2-1-3-5-15;1-2-8-26-17(24)22-5-3-21(4-6-22)7-9-25-16(23)13-10-12(18)11-14(19)15(13)20/h1-8,15-16,24H,9-14,17H2;1-5,12-13H,6-11,14H2;2,10-11H,1,3-9H2. The molecular weight excluding hydrogens is 2210 g/mol. The molecule has 4 aliphatic rings. The number of amides is 3. The third kappa shape index (κ3) is 22.9. The predicted molar refractivity (Wildman–Crippen MR) is 432 cm³/mol. The number of hydrogen-bond acceptors (Lipinski definition) is 15. The van der Waals surface area contributed by atoms with E-state index in [4.69, 9.17) is 28.4 Å². The molecule has 0 spiro atoms. The van der Waals surface area contributed by atoms with Crippen LogP contribution in [0.15, 0.2) is 128 Å². The first kappa shape index (κ1) is 76.5. The van der Waals surface area contributed by atoms with Gasteiger partial charge in [0.15, 0.2) is 0 Å². The third-order valence-electron chi connectivity index (χ3n) is 15.3. The van der Waals surface area contributed by atoms with Gasteiger partial charge in [0.05, 0.1) is 16.7 Å². The lowest BCUT2D eigenvalue weighted by molar-refractivity contribution is 0.0393. The minimum Gasteiger partial charge on any atom is -0.461 e. The Balaban J connectivity index is 0.000000183. The molecule has 0 N–H and O–H groups in total. The normalized spacial score (nSPS) is 14.9. The molecular formula is C66H65I9N6O12. The van der Waals surface area contributed by atoms with Gasteiger partial charge in [0, 0.05) is 136 Å². The van der Waals surface area contributed by atoms with E-state index in [0.717, 1.165) is 77.0 Å². The molecule has 3 amide bonds. The Morgan fingerprint density at radius 2 is 0.742 bits per heavy atom. The summed E-state index contributed by atoms with van der Waals surface area (Å²) in [5.41, 5.74) is 7.67. The van der Waals surface area contributed by atoms with Crippen LogP contribution in [0.3, 0.4) is 0 Å². The molecule has 6 aromatic rings. The molecule has 0 aromatic heterocycles. The number of hydrogen-bond donors (Lipinski definition) is 0.